The number of carbonyl (C=O) groups is 1. The van der Waals surface area contributed by atoms with Crippen LogP contribution in [0.25, 0.3) is 11.4 Å². The van der Waals surface area contributed by atoms with Gasteiger partial charge in [-0.15, -0.1) is 0 Å². The van der Waals surface area contributed by atoms with E-state index in [1.54, 1.807) is 7.11 Å². The maximum atomic E-state index is 12.5. The molecule has 1 aliphatic rings. The molecule has 4 rings (SSSR count). The Labute approximate surface area is 174 Å². The number of hydrogen-bond acceptors (Lipinski definition) is 5. The fourth-order valence-electron chi connectivity index (χ4n) is 3.25. The molecule has 0 radical (unpaired) electrons. The zero-order valence-electron chi connectivity index (χ0n) is 16.1. The average Bonchev–Trinajstić information content (AvgIpc) is 3.48. The number of aryl methyl sites for hydroxylation is 1. The van der Waals surface area contributed by atoms with Crippen LogP contribution in [-0.2, 0) is 11.2 Å². The lowest BCUT2D eigenvalue weighted by Gasteiger charge is -2.18. The van der Waals surface area contributed by atoms with Crippen molar-refractivity contribution < 1.29 is 14.1 Å². The standard InChI is InChI=1S/C22H22ClN3O3/c1-28-18-10-6-16(7-11-18)22-25-20(29-26-22)13-12-19(27)24-21(14-2-3-14)15-4-8-17(23)9-5-15/h4-11,14,21H,2-3,12-13H2,1H3,(H,24,27). The van der Waals surface area contributed by atoms with Crippen LogP contribution in [0.4, 0.5) is 0 Å². The van der Waals surface area contributed by atoms with E-state index in [4.69, 9.17) is 20.9 Å². The van der Waals surface area contributed by atoms with Gasteiger partial charge in [0.15, 0.2) is 0 Å². The van der Waals surface area contributed by atoms with Crippen molar-refractivity contribution in [2.24, 2.45) is 5.92 Å². The van der Waals surface area contributed by atoms with Gasteiger partial charge >= 0.3 is 0 Å². The Morgan fingerprint density at radius 3 is 2.59 bits per heavy atom. The minimum absolute atomic E-state index is 0.0253. The fourth-order valence-corrected chi connectivity index (χ4v) is 3.38. The zero-order valence-corrected chi connectivity index (χ0v) is 16.9. The Morgan fingerprint density at radius 1 is 1.21 bits per heavy atom. The summed E-state index contributed by atoms with van der Waals surface area (Å²) in [6, 6.07) is 15.1. The topological polar surface area (TPSA) is 77.2 Å². The number of methoxy groups -OCH3 is 1. The van der Waals surface area contributed by atoms with Crippen LogP contribution >= 0.6 is 11.6 Å². The van der Waals surface area contributed by atoms with Crippen LogP contribution in [0.1, 0.15) is 36.8 Å². The molecule has 1 amide bonds. The molecule has 1 heterocycles. The predicted molar refractivity (Wildman–Crippen MR) is 110 cm³/mol. The third kappa shape index (κ3) is 4.95. The van der Waals surface area contributed by atoms with Gasteiger partial charge in [0.1, 0.15) is 5.75 Å². The molecule has 0 bridgehead atoms. The summed E-state index contributed by atoms with van der Waals surface area (Å²) in [5, 5.41) is 7.85. The van der Waals surface area contributed by atoms with Crippen LogP contribution in [-0.4, -0.2) is 23.2 Å². The highest BCUT2D eigenvalue weighted by atomic mass is 35.5. The van der Waals surface area contributed by atoms with Gasteiger partial charge in [-0.1, -0.05) is 28.9 Å². The maximum absolute atomic E-state index is 12.5. The molecule has 1 N–H and O–H groups in total. The van der Waals surface area contributed by atoms with Crippen molar-refractivity contribution in [1.82, 2.24) is 15.5 Å². The van der Waals surface area contributed by atoms with Crippen LogP contribution in [0.2, 0.25) is 5.02 Å². The molecule has 150 valence electrons. The second kappa shape index (κ2) is 8.66. The number of nitrogens with zero attached hydrogens (tertiary/aromatic N) is 2. The van der Waals surface area contributed by atoms with E-state index in [-0.39, 0.29) is 11.9 Å². The van der Waals surface area contributed by atoms with E-state index in [0.29, 0.717) is 35.5 Å². The van der Waals surface area contributed by atoms with E-state index in [1.807, 2.05) is 48.5 Å². The molecule has 0 aliphatic heterocycles. The Balaban J connectivity index is 1.34. The van der Waals surface area contributed by atoms with Crippen LogP contribution < -0.4 is 10.1 Å². The first-order chi connectivity index (χ1) is 14.1. The highest BCUT2D eigenvalue weighted by Crippen LogP contribution is 2.41. The number of nitrogens with one attached hydrogen (secondary N) is 1. The van der Waals surface area contributed by atoms with Gasteiger partial charge in [0.2, 0.25) is 17.6 Å². The van der Waals surface area contributed by atoms with Gasteiger partial charge in [-0.2, -0.15) is 4.98 Å². The molecular weight excluding hydrogens is 390 g/mol. The Hall–Kier alpha value is -2.86. The number of hydrogen-bond donors (Lipinski definition) is 1. The molecule has 1 aliphatic carbocycles. The largest absolute Gasteiger partial charge is 0.497 e. The first-order valence-electron chi connectivity index (χ1n) is 9.64. The quantitative estimate of drug-likeness (QED) is 0.586. The first kappa shape index (κ1) is 19.5. The third-order valence-corrected chi connectivity index (χ3v) is 5.27. The predicted octanol–water partition coefficient (Wildman–Crippen LogP) is 4.60. The minimum atomic E-state index is -0.0268. The van der Waals surface area contributed by atoms with Crippen molar-refractivity contribution >= 4 is 17.5 Å². The van der Waals surface area contributed by atoms with E-state index in [0.717, 1.165) is 29.7 Å². The maximum Gasteiger partial charge on any atom is 0.227 e. The molecule has 1 aromatic heterocycles. The summed E-state index contributed by atoms with van der Waals surface area (Å²) >= 11 is 5.98. The molecule has 1 saturated carbocycles. The molecule has 7 heteroatoms. The second-order valence-corrected chi connectivity index (χ2v) is 7.61. The number of carbonyl (C=O) groups excluding carboxylic acids is 1. The molecule has 3 aromatic rings. The van der Waals surface area contributed by atoms with Gasteiger partial charge in [0.05, 0.1) is 13.2 Å². The Morgan fingerprint density at radius 2 is 1.93 bits per heavy atom. The van der Waals surface area contributed by atoms with Crippen molar-refractivity contribution in [3.8, 4) is 17.1 Å². The zero-order chi connectivity index (χ0) is 20.2. The van der Waals surface area contributed by atoms with Gasteiger partial charge in [-0.3, -0.25) is 4.79 Å². The lowest BCUT2D eigenvalue weighted by atomic mass is 10.0. The highest BCUT2D eigenvalue weighted by Gasteiger charge is 2.33. The lowest BCUT2D eigenvalue weighted by molar-refractivity contribution is -0.122. The van der Waals surface area contributed by atoms with Gasteiger partial charge < -0.3 is 14.6 Å². The summed E-state index contributed by atoms with van der Waals surface area (Å²) in [5.41, 5.74) is 1.92. The van der Waals surface area contributed by atoms with Gasteiger partial charge in [-0.05, 0) is 60.7 Å². The van der Waals surface area contributed by atoms with Crippen molar-refractivity contribution in [2.75, 3.05) is 7.11 Å². The molecule has 0 saturated heterocycles. The van der Waals surface area contributed by atoms with Gasteiger partial charge in [-0.25, -0.2) is 0 Å². The minimum Gasteiger partial charge on any atom is -0.497 e. The Bertz CT molecular complexity index is 966. The number of rotatable bonds is 8. The van der Waals surface area contributed by atoms with E-state index in [2.05, 4.69) is 15.5 Å². The first-order valence-corrected chi connectivity index (χ1v) is 10.0. The van der Waals surface area contributed by atoms with Crippen molar-refractivity contribution in [3.63, 3.8) is 0 Å². The molecule has 1 unspecified atom stereocenters. The summed E-state index contributed by atoms with van der Waals surface area (Å²) in [6.45, 7) is 0. The molecule has 29 heavy (non-hydrogen) atoms. The Kier molecular flexibility index (Phi) is 5.81. The monoisotopic (exact) mass is 411 g/mol. The van der Waals surface area contributed by atoms with Crippen LogP contribution in [0.5, 0.6) is 5.75 Å². The average molecular weight is 412 g/mol. The van der Waals surface area contributed by atoms with Crippen molar-refractivity contribution in [1.29, 1.82) is 0 Å². The summed E-state index contributed by atoms with van der Waals surface area (Å²) in [7, 11) is 1.62. The van der Waals surface area contributed by atoms with Crippen molar-refractivity contribution in [2.45, 2.75) is 31.7 Å². The molecule has 1 atom stereocenters. The summed E-state index contributed by atoms with van der Waals surface area (Å²) in [4.78, 5) is 16.9. The number of aromatic nitrogens is 2. The number of amides is 1. The fraction of sp³-hybridized carbons (Fsp3) is 0.318. The molecule has 2 aromatic carbocycles. The normalized spacial score (nSPS) is 14.4. The summed E-state index contributed by atoms with van der Waals surface area (Å²) in [5.74, 6) is 2.17. The molecule has 0 spiro atoms. The third-order valence-electron chi connectivity index (χ3n) is 5.02. The van der Waals surface area contributed by atoms with E-state index in [1.165, 1.54) is 0 Å². The SMILES string of the molecule is COc1ccc(-c2noc(CCC(=O)NC(c3ccc(Cl)cc3)C3CC3)n2)cc1. The molecule has 1 fully saturated rings. The lowest BCUT2D eigenvalue weighted by Crippen LogP contribution is -2.30. The number of benzene rings is 2. The summed E-state index contributed by atoms with van der Waals surface area (Å²) < 4.78 is 10.5. The number of ether oxygens (including phenoxy) is 1. The number of halogens is 1. The molecular formula is C22H22ClN3O3. The van der Waals surface area contributed by atoms with Crippen LogP contribution in [0.15, 0.2) is 53.1 Å². The van der Waals surface area contributed by atoms with E-state index in [9.17, 15) is 4.79 Å². The summed E-state index contributed by atoms with van der Waals surface area (Å²) in [6.07, 6.45) is 2.94. The highest BCUT2D eigenvalue weighted by molar-refractivity contribution is 6.30. The second-order valence-electron chi connectivity index (χ2n) is 7.17. The van der Waals surface area contributed by atoms with Crippen molar-refractivity contribution in [3.05, 3.63) is 65.0 Å². The smallest absolute Gasteiger partial charge is 0.227 e. The van der Waals surface area contributed by atoms with Gasteiger partial charge in [0.25, 0.3) is 0 Å². The van der Waals surface area contributed by atoms with Crippen LogP contribution in [0, 0.1) is 5.92 Å². The van der Waals surface area contributed by atoms with Crippen LogP contribution in [0.3, 0.4) is 0 Å². The molecule has 6 nitrogen and oxygen atoms in total. The van der Waals surface area contributed by atoms with E-state index >= 15 is 0 Å². The van der Waals surface area contributed by atoms with Gasteiger partial charge in [0, 0.05) is 23.4 Å². The van der Waals surface area contributed by atoms with E-state index < -0.39 is 0 Å².